The van der Waals surface area contributed by atoms with E-state index in [4.69, 9.17) is 0 Å². The SMILES string of the molecule is N#Cc1ccc(C#N)c2c1\C=C/C=C\C=C/2c1ccccc1. The van der Waals surface area contributed by atoms with Gasteiger partial charge in [0.1, 0.15) is 0 Å². The molecule has 2 aromatic rings. The summed E-state index contributed by atoms with van der Waals surface area (Å²) in [6.07, 6.45) is 9.63. The maximum absolute atomic E-state index is 9.48. The van der Waals surface area contributed by atoms with E-state index in [0.717, 1.165) is 22.3 Å². The lowest BCUT2D eigenvalue weighted by Crippen LogP contribution is -1.99. The molecule has 0 atom stereocenters. The Kier molecular flexibility index (Phi) is 3.69. The summed E-state index contributed by atoms with van der Waals surface area (Å²) < 4.78 is 0. The van der Waals surface area contributed by atoms with Crippen LogP contribution < -0.4 is 0 Å². The summed E-state index contributed by atoms with van der Waals surface area (Å²) in [6, 6.07) is 17.8. The third-order valence-electron chi connectivity index (χ3n) is 3.59. The average molecular weight is 280 g/mol. The highest BCUT2D eigenvalue weighted by Gasteiger charge is 2.17. The van der Waals surface area contributed by atoms with Crippen LogP contribution in [0.3, 0.4) is 0 Å². The van der Waals surface area contributed by atoms with Crippen LogP contribution in [0.1, 0.15) is 27.8 Å². The van der Waals surface area contributed by atoms with E-state index >= 15 is 0 Å². The second kappa shape index (κ2) is 5.95. The third kappa shape index (κ3) is 2.35. The fraction of sp³-hybridized carbons (Fsp3) is 0. The number of hydrogen-bond acceptors (Lipinski definition) is 2. The van der Waals surface area contributed by atoms with Gasteiger partial charge in [-0.1, -0.05) is 60.7 Å². The molecule has 2 aromatic carbocycles. The van der Waals surface area contributed by atoms with Gasteiger partial charge >= 0.3 is 0 Å². The zero-order chi connectivity index (χ0) is 15.4. The van der Waals surface area contributed by atoms with Gasteiger partial charge in [-0.05, 0) is 23.3 Å². The molecule has 102 valence electrons. The van der Waals surface area contributed by atoms with Crippen molar-refractivity contribution in [1.29, 1.82) is 10.5 Å². The Morgan fingerprint density at radius 1 is 0.727 bits per heavy atom. The van der Waals surface area contributed by atoms with Gasteiger partial charge in [0.25, 0.3) is 0 Å². The van der Waals surface area contributed by atoms with Crippen molar-refractivity contribution in [3.05, 3.63) is 94.6 Å². The Morgan fingerprint density at radius 3 is 2.18 bits per heavy atom. The van der Waals surface area contributed by atoms with Crippen LogP contribution in [0.4, 0.5) is 0 Å². The topological polar surface area (TPSA) is 47.6 Å². The average Bonchev–Trinajstić information content (AvgIpc) is 2.55. The first-order valence-electron chi connectivity index (χ1n) is 6.93. The van der Waals surface area contributed by atoms with Crippen LogP contribution in [0.15, 0.2) is 66.8 Å². The lowest BCUT2D eigenvalue weighted by Gasteiger charge is -2.15. The molecule has 0 fully saturated rings. The van der Waals surface area contributed by atoms with Crippen molar-refractivity contribution in [3.8, 4) is 12.1 Å². The van der Waals surface area contributed by atoms with E-state index in [0.29, 0.717) is 11.1 Å². The molecule has 0 spiro atoms. The van der Waals surface area contributed by atoms with Gasteiger partial charge in [-0.3, -0.25) is 0 Å². The first kappa shape index (κ1) is 13.6. The molecule has 1 aliphatic rings. The summed E-state index contributed by atoms with van der Waals surface area (Å²) in [5.41, 5.74) is 4.72. The molecule has 0 saturated heterocycles. The van der Waals surface area contributed by atoms with Crippen LogP contribution in [-0.4, -0.2) is 0 Å². The number of rotatable bonds is 1. The second-order valence-corrected chi connectivity index (χ2v) is 4.86. The molecule has 1 aliphatic carbocycles. The van der Waals surface area contributed by atoms with E-state index in [1.54, 1.807) is 12.1 Å². The molecule has 0 saturated carbocycles. The minimum atomic E-state index is 0.572. The zero-order valence-electron chi connectivity index (χ0n) is 11.8. The summed E-state index contributed by atoms with van der Waals surface area (Å²) in [6.45, 7) is 0. The van der Waals surface area contributed by atoms with Gasteiger partial charge in [-0.15, -0.1) is 0 Å². The third-order valence-corrected chi connectivity index (χ3v) is 3.59. The van der Waals surface area contributed by atoms with Gasteiger partial charge in [-0.2, -0.15) is 10.5 Å². The fourth-order valence-electron chi connectivity index (χ4n) is 2.58. The lowest BCUT2D eigenvalue weighted by atomic mass is 9.86. The molecule has 0 aliphatic heterocycles. The molecule has 0 unspecified atom stereocenters. The van der Waals surface area contributed by atoms with Crippen LogP contribution in [0.25, 0.3) is 11.6 Å². The number of benzene rings is 2. The lowest BCUT2D eigenvalue weighted by molar-refractivity contribution is 1.40. The summed E-state index contributed by atoms with van der Waals surface area (Å²) >= 11 is 0. The van der Waals surface area contributed by atoms with Gasteiger partial charge in [0, 0.05) is 11.1 Å². The highest BCUT2D eigenvalue weighted by atomic mass is 14.3. The van der Waals surface area contributed by atoms with Crippen molar-refractivity contribution in [2.24, 2.45) is 0 Å². The number of allylic oxidation sites excluding steroid dienone is 4. The van der Waals surface area contributed by atoms with Gasteiger partial charge in [0.05, 0.1) is 23.3 Å². The summed E-state index contributed by atoms with van der Waals surface area (Å²) in [5, 5.41) is 18.9. The quantitative estimate of drug-likeness (QED) is 0.775. The zero-order valence-corrected chi connectivity index (χ0v) is 11.8. The Labute approximate surface area is 129 Å². The Hall–Kier alpha value is -3.36. The maximum Gasteiger partial charge on any atom is 0.0998 e. The normalized spacial score (nSPS) is 17.6. The van der Waals surface area contributed by atoms with Crippen molar-refractivity contribution in [2.45, 2.75) is 0 Å². The number of nitrogens with zero attached hydrogens (tertiary/aromatic N) is 2. The number of nitriles is 2. The number of hydrogen-bond donors (Lipinski definition) is 0. The monoisotopic (exact) mass is 280 g/mol. The highest BCUT2D eigenvalue weighted by Crippen LogP contribution is 2.33. The molecule has 0 N–H and O–H groups in total. The predicted molar refractivity (Wildman–Crippen MR) is 87.6 cm³/mol. The van der Waals surface area contributed by atoms with Gasteiger partial charge in [-0.25, -0.2) is 0 Å². The Morgan fingerprint density at radius 2 is 1.45 bits per heavy atom. The van der Waals surface area contributed by atoms with Gasteiger partial charge in [0.2, 0.25) is 0 Å². The minimum absolute atomic E-state index is 0.572. The first-order chi connectivity index (χ1) is 10.8. The molecule has 0 aromatic heterocycles. The van der Waals surface area contributed by atoms with Crippen LogP contribution in [0.2, 0.25) is 0 Å². The molecule has 0 bridgehead atoms. The van der Waals surface area contributed by atoms with Gasteiger partial charge in [0.15, 0.2) is 0 Å². The molecular formula is C20H12N2. The molecular weight excluding hydrogens is 268 g/mol. The minimum Gasteiger partial charge on any atom is -0.192 e. The summed E-state index contributed by atoms with van der Waals surface area (Å²) in [5.74, 6) is 0. The van der Waals surface area contributed by atoms with Crippen LogP contribution in [-0.2, 0) is 0 Å². The van der Waals surface area contributed by atoms with E-state index in [1.807, 2.05) is 60.7 Å². The maximum atomic E-state index is 9.48. The first-order valence-corrected chi connectivity index (χ1v) is 6.93. The largest absolute Gasteiger partial charge is 0.192 e. The van der Waals surface area contributed by atoms with Crippen LogP contribution in [0, 0.1) is 22.7 Å². The molecule has 0 heterocycles. The van der Waals surface area contributed by atoms with Crippen molar-refractivity contribution >= 4 is 11.6 Å². The second-order valence-electron chi connectivity index (χ2n) is 4.86. The van der Waals surface area contributed by atoms with Crippen LogP contribution in [0.5, 0.6) is 0 Å². The van der Waals surface area contributed by atoms with Crippen LogP contribution >= 0.6 is 0 Å². The summed E-state index contributed by atoms with van der Waals surface area (Å²) in [7, 11) is 0. The Bertz CT molecular complexity index is 886. The van der Waals surface area contributed by atoms with Crippen molar-refractivity contribution in [3.63, 3.8) is 0 Å². The standard InChI is InChI=1S/C20H12N2/c21-13-16-11-12-17(14-22)20-18(15-7-3-1-4-8-15)9-5-2-6-10-19(16)20/h1-12H/b5-2-,6-2?,9-5?,10-6-,18-9-,19-10?,20-18?. The smallest absolute Gasteiger partial charge is 0.0998 e. The Balaban J connectivity index is 2.37. The van der Waals surface area contributed by atoms with E-state index in [-0.39, 0.29) is 0 Å². The van der Waals surface area contributed by atoms with Crippen molar-refractivity contribution in [2.75, 3.05) is 0 Å². The van der Waals surface area contributed by atoms with E-state index in [1.165, 1.54) is 0 Å². The van der Waals surface area contributed by atoms with E-state index in [9.17, 15) is 10.5 Å². The molecule has 2 heteroatoms. The molecule has 2 nitrogen and oxygen atoms in total. The van der Waals surface area contributed by atoms with Gasteiger partial charge < -0.3 is 0 Å². The highest BCUT2D eigenvalue weighted by molar-refractivity contribution is 5.90. The molecule has 3 rings (SSSR count). The molecule has 0 radical (unpaired) electrons. The predicted octanol–water partition coefficient (Wildman–Crippen LogP) is 4.44. The van der Waals surface area contributed by atoms with Crippen molar-refractivity contribution in [1.82, 2.24) is 0 Å². The number of fused-ring (bicyclic) bond motifs is 1. The van der Waals surface area contributed by atoms with E-state index in [2.05, 4.69) is 12.1 Å². The summed E-state index contributed by atoms with van der Waals surface area (Å²) in [4.78, 5) is 0. The molecule has 22 heavy (non-hydrogen) atoms. The molecule has 0 amide bonds. The van der Waals surface area contributed by atoms with E-state index < -0.39 is 0 Å². The fourth-order valence-corrected chi connectivity index (χ4v) is 2.58. The van der Waals surface area contributed by atoms with Crippen molar-refractivity contribution < 1.29 is 0 Å².